The van der Waals surface area contributed by atoms with E-state index in [0.29, 0.717) is 17.6 Å². The molecule has 0 aliphatic rings. The van der Waals surface area contributed by atoms with Crippen LogP contribution in [0.2, 0.25) is 0 Å². The third-order valence-corrected chi connectivity index (χ3v) is 13.2. The monoisotopic (exact) mass is 867 g/mol. The molecule has 10 aromatic carbocycles. The van der Waals surface area contributed by atoms with Crippen molar-refractivity contribution < 1.29 is 0 Å². The normalized spacial score (nSPS) is 11.5. The van der Waals surface area contributed by atoms with Crippen molar-refractivity contribution in [2.75, 3.05) is 0 Å². The Morgan fingerprint density at radius 2 is 0.632 bits per heavy atom. The molecule has 13 aromatic rings. The minimum absolute atomic E-state index is 0.559. The maximum absolute atomic E-state index is 5.36. The lowest BCUT2D eigenvalue weighted by Crippen LogP contribution is -2.06. The third kappa shape index (κ3) is 6.68. The van der Waals surface area contributed by atoms with Crippen molar-refractivity contribution in [3.63, 3.8) is 0 Å². The quantitative estimate of drug-likeness (QED) is 0.153. The van der Waals surface area contributed by atoms with E-state index in [-0.39, 0.29) is 0 Å². The summed E-state index contributed by atoms with van der Waals surface area (Å²) in [5.74, 6) is 1.78. The van der Waals surface area contributed by atoms with E-state index in [1.54, 1.807) is 0 Å². The van der Waals surface area contributed by atoms with Crippen LogP contribution in [0.1, 0.15) is 0 Å². The van der Waals surface area contributed by atoms with Crippen LogP contribution in [0.25, 0.3) is 123 Å². The van der Waals surface area contributed by atoms with Gasteiger partial charge in [-0.1, -0.05) is 212 Å². The molecule has 13 rings (SSSR count). The predicted molar refractivity (Wildman–Crippen MR) is 281 cm³/mol. The Kier molecular flexibility index (Phi) is 9.43. The molecule has 0 atom stereocenters. The molecule has 0 saturated heterocycles. The molecular weight excluding hydrogens is 827 g/mol. The Hall–Kier alpha value is -9.19. The second kappa shape index (κ2) is 16.4. The second-order valence-electron chi connectivity index (χ2n) is 17.2. The molecule has 0 fully saturated rings. The van der Waals surface area contributed by atoms with Gasteiger partial charge in [-0.05, 0) is 69.8 Å². The van der Waals surface area contributed by atoms with E-state index in [1.165, 1.54) is 11.1 Å². The van der Waals surface area contributed by atoms with Gasteiger partial charge in [-0.3, -0.25) is 4.57 Å². The summed E-state index contributed by atoms with van der Waals surface area (Å²) in [5.41, 5.74) is 16.5. The smallest absolute Gasteiger partial charge is 0.238 e. The van der Waals surface area contributed by atoms with Gasteiger partial charge in [0.15, 0.2) is 11.6 Å². The first kappa shape index (κ1) is 39.2. The lowest BCUT2D eigenvalue weighted by atomic mass is 9.93. The van der Waals surface area contributed by atoms with E-state index >= 15 is 0 Å². The van der Waals surface area contributed by atoms with Crippen LogP contribution in [-0.2, 0) is 0 Å². The Morgan fingerprint density at radius 1 is 0.235 bits per heavy atom. The molecule has 3 aromatic heterocycles. The summed E-state index contributed by atoms with van der Waals surface area (Å²) in [7, 11) is 0. The SMILES string of the molecule is c1ccc(-c2cccc(-c3nc(-c4ccccc4)nc(-n4c5ccccc5c5cc6c(cc54)c4ccccc4n6-c4c(-c5ccccc5)cccc4-c4cccc(-c5ccccc5)c4)n3)c2)cc1. The van der Waals surface area contributed by atoms with Gasteiger partial charge < -0.3 is 4.57 Å². The van der Waals surface area contributed by atoms with Gasteiger partial charge in [-0.25, -0.2) is 4.98 Å². The summed E-state index contributed by atoms with van der Waals surface area (Å²) in [4.78, 5) is 15.8. The number of fused-ring (bicyclic) bond motifs is 6. The molecule has 3 heterocycles. The molecule has 0 amide bonds. The van der Waals surface area contributed by atoms with Crippen molar-refractivity contribution in [3.05, 3.63) is 249 Å². The summed E-state index contributed by atoms with van der Waals surface area (Å²) in [6.07, 6.45) is 0. The van der Waals surface area contributed by atoms with E-state index in [9.17, 15) is 0 Å². The maximum Gasteiger partial charge on any atom is 0.238 e. The molecule has 0 saturated carbocycles. The average molecular weight is 868 g/mol. The molecule has 0 aliphatic carbocycles. The molecule has 318 valence electrons. The largest absolute Gasteiger partial charge is 0.308 e. The highest BCUT2D eigenvalue weighted by atomic mass is 15.2. The van der Waals surface area contributed by atoms with Gasteiger partial charge in [0, 0.05) is 43.8 Å². The van der Waals surface area contributed by atoms with Crippen LogP contribution in [0.3, 0.4) is 0 Å². The van der Waals surface area contributed by atoms with Crippen LogP contribution < -0.4 is 0 Å². The topological polar surface area (TPSA) is 48.5 Å². The van der Waals surface area contributed by atoms with Crippen LogP contribution in [0, 0.1) is 0 Å². The molecule has 5 heteroatoms. The maximum atomic E-state index is 5.36. The van der Waals surface area contributed by atoms with Crippen LogP contribution in [0.5, 0.6) is 0 Å². The number of benzene rings is 10. The van der Waals surface area contributed by atoms with Crippen LogP contribution in [-0.4, -0.2) is 24.1 Å². The fourth-order valence-electron chi connectivity index (χ4n) is 10.0. The number of rotatable bonds is 8. The number of nitrogens with zero attached hydrogens (tertiary/aromatic N) is 5. The van der Waals surface area contributed by atoms with Crippen molar-refractivity contribution in [1.29, 1.82) is 0 Å². The van der Waals surface area contributed by atoms with Crippen molar-refractivity contribution in [3.8, 4) is 78.9 Å². The van der Waals surface area contributed by atoms with Gasteiger partial charge in [0.1, 0.15) is 0 Å². The Balaban J connectivity index is 1.09. The van der Waals surface area contributed by atoms with Crippen molar-refractivity contribution in [1.82, 2.24) is 24.1 Å². The lowest BCUT2D eigenvalue weighted by Gasteiger charge is -2.19. The van der Waals surface area contributed by atoms with Gasteiger partial charge in [0.05, 0.1) is 27.8 Å². The molecule has 0 radical (unpaired) electrons. The zero-order valence-corrected chi connectivity index (χ0v) is 36.9. The van der Waals surface area contributed by atoms with Gasteiger partial charge >= 0.3 is 0 Å². The predicted octanol–water partition coefficient (Wildman–Crippen LogP) is 16.1. The molecular formula is C63H41N5. The second-order valence-corrected chi connectivity index (χ2v) is 17.2. The van der Waals surface area contributed by atoms with E-state index in [0.717, 1.165) is 93.8 Å². The van der Waals surface area contributed by atoms with E-state index in [4.69, 9.17) is 15.0 Å². The minimum Gasteiger partial charge on any atom is -0.308 e. The molecule has 0 bridgehead atoms. The standard InChI is InChI=1S/C63H41N5/c1-5-20-42(21-6-1)46-28-17-30-48(38-46)51-35-19-34-50(44-24-9-3-10-25-44)60(51)67-56-36-15-13-32-52(56)54-41-59-55(40-58(54)67)53-33-14-16-37-57(53)68(59)63-65-61(45-26-11-4-12-27-45)64-62(66-63)49-31-18-29-47(39-49)43-22-7-2-8-23-43/h1-41H. The van der Waals surface area contributed by atoms with Crippen LogP contribution >= 0.6 is 0 Å². The third-order valence-electron chi connectivity index (χ3n) is 13.2. The summed E-state index contributed by atoms with van der Waals surface area (Å²) in [6.45, 7) is 0. The van der Waals surface area contributed by atoms with Crippen molar-refractivity contribution in [2.24, 2.45) is 0 Å². The van der Waals surface area contributed by atoms with E-state index < -0.39 is 0 Å². The fraction of sp³-hybridized carbons (Fsp3) is 0. The van der Waals surface area contributed by atoms with Gasteiger partial charge in [0.2, 0.25) is 5.95 Å². The summed E-state index contributed by atoms with van der Waals surface area (Å²) >= 11 is 0. The highest BCUT2D eigenvalue weighted by Gasteiger charge is 2.24. The first-order chi connectivity index (χ1) is 33.7. The lowest BCUT2D eigenvalue weighted by molar-refractivity contribution is 0.954. The van der Waals surface area contributed by atoms with Crippen molar-refractivity contribution in [2.45, 2.75) is 0 Å². The van der Waals surface area contributed by atoms with Crippen LogP contribution in [0.15, 0.2) is 249 Å². The summed E-state index contributed by atoms with van der Waals surface area (Å²) in [6, 6.07) is 88.4. The number of hydrogen-bond donors (Lipinski definition) is 0. The number of hydrogen-bond acceptors (Lipinski definition) is 3. The minimum atomic E-state index is 0.559. The molecule has 5 nitrogen and oxygen atoms in total. The summed E-state index contributed by atoms with van der Waals surface area (Å²) in [5, 5.41) is 4.52. The molecule has 0 unspecified atom stereocenters. The highest BCUT2D eigenvalue weighted by molar-refractivity contribution is 6.19. The van der Waals surface area contributed by atoms with E-state index in [2.05, 4.69) is 234 Å². The zero-order chi connectivity index (χ0) is 45.0. The first-order valence-electron chi connectivity index (χ1n) is 23.0. The van der Waals surface area contributed by atoms with Gasteiger partial charge in [0.25, 0.3) is 0 Å². The Bertz CT molecular complexity index is 4010. The molecule has 68 heavy (non-hydrogen) atoms. The molecule has 0 N–H and O–H groups in total. The summed E-state index contributed by atoms with van der Waals surface area (Å²) < 4.78 is 4.73. The number of para-hydroxylation sites is 3. The van der Waals surface area contributed by atoms with E-state index in [1.807, 2.05) is 24.3 Å². The number of aromatic nitrogens is 5. The zero-order valence-electron chi connectivity index (χ0n) is 36.9. The first-order valence-corrected chi connectivity index (χ1v) is 23.0. The van der Waals surface area contributed by atoms with Gasteiger partial charge in [-0.15, -0.1) is 0 Å². The Labute approximate surface area is 393 Å². The Morgan fingerprint density at radius 3 is 1.22 bits per heavy atom. The highest BCUT2D eigenvalue weighted by Crippen LogP contribution is 2.44. The fourth-order valence-corrected chi connectivity index (χ4v) is 10.0. The van der Waals surface area contributed by atoms with Crippen LogP contribution in [0.4, 0.5) is 0 Å². The van der Waals surface area contributed by atoms with Crippen molar-refractivity contribution >= 4 is 43.6 Å². The van der Waals surface area contributed by atoms with Gasteiger partial charge in [-0.2, -0.15) is 9.97 Å². The molecule has 0 spiro atoms. The average Bonchev–Trinajstić information content (AvgIpc) is 3.92. The molecule has 0 aliphatic heterocycles.